The van der Waals surface area contributed by atoms with Crippen LogP contribution in [0.1, 0.15) is 5.56 Å². The van der Waals surface area contributed by atoms with Gasteiger partial charge in [-0.15, -0.1) is 0 Å². The van der Waals surface area contributed by atoms with E-state index >= 15 is 0 Å². The Morgan fingerprint density at radius 3 is 2.68 bits per heavy atom. The van der Waals surface area contributed by atoms with E-state index in [1.165, 1.54) is 18.3 Å². The third kappa shape index (κ3) is 4.06. The van der Waals surface area contributed by atoms with Crippen molar-refractivity contribution in [2.75, 3.05) is 11.9 Å². The lowest BCUT2D eigenvalue weighted by molar-refractivity contribution is -0.119. The summed E-state index contributed by atoms with van der Waals surface area (Å²) in [6, 6.07) is 12.4. The highest BCUT2D eigenvalue weighted by Gasteiger charge is 2.05. The second-order valence-electron chi connectivity index (χ2n) is 3.95. The maximum absolute atomic E-state index is 13.2. The van der Waals surface area contributed by atoms with Gasteiger partial charge in [-0.05, 0) is 17.7 Å². The van der Waals surface area contributed by atoms with Crippen molar-refractivity contribution in [2.45, 2.75) is 6.54 Å². The van der Waals surface area contributed by atoms with Gasteiger partial charge in [0.1, 0.15) is 0 Å². The van der Waals surface area contributed by atoms with Crippen LogP contribution in [0.25, 0.3) is 0 Å². The monoisotopic (exact) mass is 259 g/mol. The average Bonchev–Trinajstić information content (AvgIpc) is 2.45. The highest BCUT2D eigenvalue weighted by molar-refractivity contribution is 5.80. The first kappa shape index (κ1) is 13.0. The molecule has 0 saturated heterocycles. The highest BCUT2D eigenvalue weighted by atomic mass is 19.1. The van der Waals surface area contributed by atoms with Crippen molar-refractivity contribution >= 4 is 11.7 Å². The molecule has 98 valence electrons. The van der Waals surface area contributed by atoms with Crippen molar-refractivity contribution in [3.63, 3.8) is 0 Å². The molecule has 0 bridgehead atoms. The Labute approximate surface area is 110 Å². The number of rotatable bonds is 5. The molecular formula is C14H14FN3O. The Hall–Kier alpha value is -2.43. The van der Waals surface area contributed by atoms with Crippen LogP contribution >= 0.6 is 0 Å². The fraction of sp³-hybridized carbons (Fsp3) is 0.143. The number of anilines is 1. The van der Waals surface area contributed by atoms with Gasteiger partial charge in [0.05, 0.1) is 6.54 Å². The number of pyridine rings is 1. The number of nitrogens with zero attached hydrogens (tertiary/aromatic N) is 1. The predicted molar refractivity (Wildman–Crippen MR) is 71.0 cm³/mol. The fourth-order valence-corrected chi connectivity index (χ4v) is 1.54. The molecule has 0 unspecified atom stereocenters. The molecule has 2 aromatic rings. The van der Waals surface area contributed by atoms with Gasteiger partial charge in [0, 0.05) is 12.7 Å². The lowest BCUT2D eigenvalue weighted by Gasteiger charge is -2.07. The molecule has 1 aromatic heterocycles. The van der Waals surface area contributed by atoms with Crippen molar-refractivity contribution in [1.82, 2.24) is 10.3 Å². The fourth-order valence-electron chi connectivity index (χ4n) is 1.54. The van der Waals surface area contributed by atoms with E-state index in [0.717, 1.165) is 5.56 Å². The quantitative estimate of drug-likeness (QED) is 0.863. The Balaban J connectivity index is 1.78. The Morgan fingerprint density at radius 2 is 1.95 bits per heavy atom. The van der Waals surface area contributed by atoms with Gasteiger partial charge in [0.2, 0.25) is 5.91 Å². The van der Waals surface area contributed by atoms with Crippen LogP contribution in [0, 0.1) is 5.82 Å². The summed E-state index contributed by atoms with van der Waals surface area (Å²) in [5.41, 5.74) is 1.01. The number of carbonyl (C=O) groups excluding carboxylic acids is 1. The van der Waals surface area contributed by atoms with E-state index in [-0.39, 0.29) is 18.3 Å². The zero-order chi connectivity index (χ0) is 13.5. The summed E-state index contributed by atoms with van der Waals surface area (Å²) in [5.74, 6) is -0.607. The van der Waals surface area contributed by atoms with E-state index in [0.29, 0.717) is 6.54 Å². The average molecular weight is 259 g/mol. The minimum absolute atomic E-state index is 0.0131. The lowest BCUT2D eigenvalue weighted by Crippen LogP contribution is -2.29. The maximum Gasteiger partial charge on any atom is 0.239 e. The molecule has 5 heteroatoms. The number of nitrogens with one attached hydrogen (secondary N) is 2. The summed E-state index contributed by atoms with van der Waals surface area (Å²) in [6.07, 6.45) is 1.47. The molecule has 0 aliphatic carbocycles. The number of aromatic nitrogens is 1. The second kappa shape index (κ2) is 6.49. The molecular weight excluding hydrogens is 245 g/mol. The van der Waals surface area contributed by atoms with Gasteiger partial charge in [-0.1, -0.05) is 30.3 Å². The molecule has 0 spiro atoms. The summed E-state index contributed by atoms with van der Waals surface area (Å²) in [6.45, 7) is 0.437. The van der Waals surface area contributed by atoms with Crippen molar-refractivity contribution in [3.8, 4) is 0 Å². The van der Waals surface area contributed by atoms with Gasteiger partial charge in [0.15, 0.2) is 11.6 Å². The molecule has 19 heavy (non-hydrogen) atoms. The Kier molecular flexibility index (Phi) is 4.44. The minimum Gasteiger partial charge on any atom is -0.359 e. The third-order valence-electron chi connectivity index (χ3n) is 2.51. The van der Waals surface area contributed by atoms with E-state index in [2.05, 4.69) is 15.6 Å². The van der Waals surface area contributed by atoms with Crippen molar-refractivity contribution < 1.29 is 9.18 Å². The molecule has 4 nitrogen and oxygen atoms in total. The summed E-state index contributed by atoms with van der Waals surface area (Å²) in [7, 11) is 0. The molecule has 1 amide bonds. The van der Waals surface area contributed by atoms with Gasteiger partial charge in [-0.3, -0.25) is 4.79 Å². The van der Waals surface area contributed by atoms with Gasteiger partial charge in [0.25, 0.3) is 0 Å². The second-order valence-corrected chi connectivity index (χ2v) is 3.95. The van der Waals surface area contributed by atoms with Gasteiger partial charge < -0.3 is 10.6 Å². The number of hydrogen-bond donors (Lipinski definition) is 2. The third-order valence-corrected chi connectivity index (χ3v) is 2.51. The number of amides is 1. The van der Waals surface area contributed by atoms with Crippen LogP contribution in [0.15, 0.2) is 48.7 Å². The first-order chi connectivity index (χ1) is 9.25. The van der Waals surface area contributed by atoms with Gasteiger partial charge in [-0.2, -0.15) is 0 Å². The first-order valence-corrected chi connectivity index (χ1v) is 5.91. The largest absolute Gasteiger partial charge is 0.359 e. The number of benzene rings is 1. The molecule has 0 fully saturated rings. The van der Waals surface area contributed by atoms with E-state index in [9.17, 15) is 9.18 Å². The first-order valence-electron chi connectivity index (χ1n) is 5.91. The highest BCUT2D eigenvalue weighted by Crippen LogP contribution is 2.07. The van der Waals surface area contributed by atoms with Gasteiger partial charge >= 0.3 is 0 Å². The van der Waals surface area contributed by atoms with Crippen LogP contribution in [0.2, 0.25) is 0 Å². The maximum atomic E-state index is 13.2. The van der Waals surface area contributed by atoms with E-state index in [1.54, 1.807) is 0 Å². The topological polar surface area (TPSA) is 54.0 Å². The smallest absolute Gasteiger partial charge is 0.239 e. The van der Waals surface area contributed by atoms with Crippen molar-refractivity contribution in [2.24, 2.45) is 0 Å². The zero-order valence-corrected chi connectivity index (χ0v) is 10.3. The number of carbonyl (C=O) groups is 1. The Bertz CT molecular complexity index is 545. The van der Waals surface area contributed by atoms with Crippen molar-refractivity contribution in [3.05, 3.63) is 60.0 Å². The summed E-state index contributed by atoms with van der Waals surface area (Å²) in [4.78, 5) is 15.4. The SMILES string of the molecule is O=C(CNc1ncccc1F)NCc1ccccc1. The molecule has 0 aliphatic heterocycles. The van der Waals surface area contributed by atoms with Crippen LogP contribution in [-0.2, 0) is 11.3 Å². The molecule has 0 atom stereocenters. The molecule has 2 rings (SSSR count). The van der Waals surface area contributed by atoms with Crippen LogP contribution in [0.3, 0.4) is 0 Å². The van der Waals surface area contributed by atoms with Crippen LogP contribution < -0.4 is 10.6 Å². The van der Waals surface area contributed by atoms with E-state index < -0.39 is 5.82 Å². The minimum atomic E-state index is -0.474. The molecule has 1 aromatic carbocycles. The summed E-state index contributed by atoms with van der Waals surface area (Å²) >= 11 is 0. The van der Waals surface area contributed by atoms with Crippen LogP contribution in [0.4, 0.5) is 10.2 Å². The van der Waals surface area contributed by atoms with Gasteiger partial charge in [-0.25, -0.2) is 9.37 Å². The van der Waals surface area contributed by atoms with Crippen molar-refractivity contribution in [1.29, 1.82) is 0 Å². The molecule has 0 saturated carbocycles. The summed E-state index contributed by atoms with van der Waals surface area (Å²) in [5, 5.41) is 5.39. The Morgan fingerprint density at radius 1 is 1.16 bits per heavy atom. The molecule has 0 radical (unpaired) electrons. The molecule has 2 N–H and O–H groups in total. The normalized spacial score (nSPS) is 9.95. The van der Waals surface area contributed by atoms with Crippen LogP contribution in [-0.4, -0.2) is 17.4 Å². The molecule has 0 aliphatic rings. The number of halogens is 1. The van der Waals surface area contributed by atoms with Crippen LogP contribution in [0.5, 0.6) is 0 Å². The zero-order valence-electron chi connectivity index (χ0n) is 10.3. The number of hydrogen-bond acceptors (Lipinski definition) is 3. The standard InChI is InChI=1S/C14H14FN3O/c15-12-7-4-8-16-14(12)18-10-13(19)17-9-11-5-2-1-3-6-11/h1-8H,9-10H2,(H,16,18)(H,17,19). The summed E-state index contributed by atoms with van der Waals surface area (Å²) < 4.78 is 13.2. The van der Waals surface area contributed by atoms with E-state index in [1.807, 2.05) is 30.3 Å². The molecule has 1 heterocycles. The lowest BCUT2D eigenvalue weighted by atomic mass is 10.2. The predicted octanol–water partition coefficient (Wildman–Crippen LogP) is 1.95. The van der Waals surface area contributed by atoms with E-state index in [4.69, 9.17) is 0 Å².